The number of benzene rings is 3. The predicted molar refractivity (Wildman–Crippen MR) is 124 cm³/mol. The predicted octanol–water partition coefficient (Wildman–Crippen LogP) is 3.57. The van der Waals surface area contributed by atoms with Crippen LogP contribution in [0.1, 0.15) is 27.0 Å². The molecule has 0 fully saturated rings. The number of oxime groups is 1. The Hall–Kier alpha value is -4.04. The van der Waals surface area contributed by atoms with Gasteiger partial charge in [0.05, 0.1) is 10.6 Å². The van der Waals surface area contributed by atoms with Crippen LogP contribution in [0.2, 0.25) is 5.02 Å². The van der Waals surface area contributed by atoms with Gasteiger partial charge < -0.3 is 25.8 Å². The van der Waals surface area contributed by atoms with Crippen molar-refractivity contribution in [1.82, 2.24) is 0 Å². The van der Waals surface area contributed by atoms with Gasteiger partial charge in [-0.15, -0.1) is 0 Å². The lowest BCUT2D eigenvalue weighted by atomic mass is 10.1. The van der Waals surface area contributed by atoms with Crippen molar-refractivity contribution in [3.8, 4) is 11.5 Å². The highest BCUT2D eigenvalue weighted by atomic mass is 35.5. The van der Waals surface area contributed by atoms with Gasteiger partial charge in [-0.2, -0.15) is 0 Å². The quantitative estimate of drug-likeness (QED) is 0.214. The first kappa shape index (κ1) is 23.6. The van der Waals surface area contributed by atoms with Crippen molar-refractivity contribution >= 4 is 29.3 Å². The number of hydrogen-bond donors (Lipinski definition) is 2. The summed E-state index contributed by atoms with van der Waals surface area (Å²) in [6.45, 7) is 2.02. The van der Waals surface area contributed by atoms with Crippen LogP contribution in [0.15, 0.2) is 71.9 Å². The third-order valence-electron chi connectivity index (χ3n) is 4.43. The molecule has 0 saturated carbocycles. The number of primary amides is 1. The zero-order chi connectivity index (χ0) is 23.8. The first-order chi connectivity index (χ1) is 15.8. The fourth-order valence-electron chi connectivity index (χ4n) is 2.69. The second kappa shape index (κ2) is 11.0. The zero-order valence-electron chi connectivity index (χ0n) is 17.8. The number of ether oxygens (including phenoxy) is 2. The molecule has 8 nitrogen and oxygen atoms in total. The maximum Gasteiger partial charge on any atom is 0.365 e. The lowest BCUT2D eigenvalue weighted by molar-refractivity contribution is -0.119. The minimum Gasteiger partial charge on any atom is -0.487 e. The van der Waals surface area contributed by atoms with Gasteiger partial charge in [0.25, 0.3) is 5.91 Å². The number of nitrogens with zero attached hydrogens (tertiary/aromatic N) is 1. The Labute approximate surface area is 195 Å². The highest BCUT2D eigenvalue weighted by Crippen LogP contribution is 2.26. The summed E-state index contributed by atoms with van der Waals surface area (Å²) in [6.07, 6.45) is 0. The lowest BCUT2D eigenvalue weighted by Gasteiger charge is -2.09. The lowest BCUT2D eigenvalue weighted by Crippen LogP contribution is -2.20. The van der Waals surface area contributed by atoms with Crippen molar-refractivity contribution in [3.05, 3.63) is 94.0 Å². The van der Waals surface area contributed by atoms with E-state index in [0.29, 0.717) is 34.3 Å². The fourth-order valence-corrected chi connectivity index (χ4v) is 2.86. The Morgan fingerprint density at radius 2 is 1.58 bits per heavy atom. The molecule has 0 bridgehead atoms. The molecule has 3 aromatic carbocycles. The number of hydrogen-bond acceptors (Lipinski definition) is 6. The van der Waals surface area contributed by atoms with Gasteiger partial charge in [0.1, 0.15) is 18.1 Å². The van der Waals surface area contributed by atoms with Crippen molar-refractivity contribution < 1.29 is 23.9 Å². The number of nitrogens with two attached hydrogens (primary N) is 2. The molecule has 0 atom stereocenters. The normalized spacial score (nSPS) is 11.0. The molecule has 33 heavy (non-hydrogen) atoms. The number of amides is 1. The molecule has 0 aliphatic carbocycles. The SMILES string of the molecule is Cc1ccc(Cl)c(OCc2ccc(C(=O)O/N=C(\N)c3ccc(OCC(N)=O)cc3)cc2)c1. The molecule has 0 aliphatic heterocycles. The Balaban J connectivity index is 1.55. The highest BCUT2D eigenvalue weighted by molar-refractivity contribution is 6.32. The molecule has 0 spiro atoms. The van der Waals surface area contributed by atoms with E-state index in [4.69, 9.17) is 37.4 Å². The number of amidine groups is 1. The van der Waals surface area contributed by atoms with Gasteiger partial charge in [-0.3, -0.25) is 4.79 Å². The molecule has 3 rings (SSSR count). The molecule has 4 N–H and O–H groups in total. The largest absolute Gasteiger partial charge is 0.487 e. The second-order valence-electron chi connectivity index (χ2n) is 7.05. The number of aryl methyl sites for hydroxylation is 1. The van der Waals surface area contributed by atoms with Gasteiger partial charge in [-0.1, -0.05) is 35.0 Å². The van der Waals surface area contributed by atoms with E-state index in [1.54, 1.807) is 54.6 Å². The highest BCUT2D eigenvalue weighted by Gasteiger charge is 2.09. The van der Waals surface area contributed by atoms with E-state index in [1.807, 2.05) is 19.1 Å². The fraction of sp³-hybridized carbons (Fsp3) is 0.125. The minimum atomic E-state index is -0.659. The molecule has 9 heteroatoms. The van der Waals surface area contributed by atoms with Gasteiger partial charge in [0.2, 0.25) is 0 Å². The molecule has 3 aromatic rings. The Kier molecular flexibility index (Phi) is 7.88. The van der Waals surface area contributed by atoms with E-state index < -0.39 is 11.9 Å². The summed E-state index contributed by atoms with van der Waals surface area (Å²) in [4.78, 5) is 27.9. The number of carbonyl (C=O) groups is 2. The minimum absolute atomic E-state index is 0.00450. The van der Waals surface area contributed by atoms with Crippen LogP contribution in [0, 0.1) is 6.92 Å². The van der Waals surface area contributed by atoms with Crippen LogP contribution in [-0.4, -0.2) is 24.3 Å². The maximum absolute atomic E-state index is 12.3. The topological polar surface area (TPSA) is 126 Å². The molecule has 1 amide bonds. The average molecular weight is 468 g/mol. The average Bonchev–Trinajstić information content (AvgIpc) is 2.82. The molecular formula is C24H22ClN3O5. The Morgan fingerprint density at radius 1 is 0.909 bits per heavy atom. The summed E-state index contributed by atoms with van der Waals surface area (Å²) in [7, 11) is 0. The second-order valence-corrected chi connectivity index (χ2v) is 7.46. The Morgan fingerprint density at radius 3 is 2.24 bits per heavy atom. The van der Waals surface area contributed by atoms with E-state index in [1.165, 1.54) is 0 Å². The van der Waals surface area contributed by atoms with E-state index in [2.05, 4.69) is 5.16 Å². The number of halogens is 1. The van der Waals surface area contributed by atoms with Gasteiger partial charge in [0, 0.05) is 5.56 Å². The first-order valence-corrected chi connectivity index (χ1v) is 10.2. The third-order valence-corrected chi connectivity index (χ3v) is 4.74. The van der Waals surface area contributed by atoms with Crippen LogP contribution < -0.4 is 20.9 Å². The van der Waals surface area contributed by atoms with Gasteiger partial charge in [-0.25, -0.2) is 4.79 Å². The number of rotatable bonds is 9. The van der Waals surface area contributed by atoms with E-state index in [9.17, 15) is 9.59 Å². The summed E-state index contributed by atoms with van der Waals surface area (Å²) < 4.78 is 10.9. The van der Waals surface area contributed by atoms with Crippen LogP contribution >= 0.6 is 11.6 Å². The Bertz CT molecular complexity index is 1160. The summed E-state index contributed by atoms with van der Waals surface area (Å²) in [5.41, 5.74) is 13.6. The summed E-state index contributed by atoms with van der Waals surface area (Å²) in [5, 5.41) is 4.21. The molecule has 0 aliphatic rings. The van der Waals surface area contributed by atoms with Crippen molar-refractivity contribution in [2.45, 2.75) is 13.5 Å². The molecule has 0 aromatic heterocycles. The monoisotopic (exact) mass is 467 g/mol. The number of carbonyl (C=O) groups excluding carboxylic acids is 2. The first-order valence-electron chi connectivity index (χ1n) is 9.86. The summed E-state index contributed by atoms with van der Waals surface area (Å²) >= 11 is 6.14. The van der Waals surface area contributed by atoms with Crippen LogP contribution in [-0.2, 0) is 16.2 Å². The van der Waals surface area contributed by atoms with E-state index in [0.717, 1.165) is 11.1 Å². The molecule has 170 valence electrons. The standard InChI is InChI=1S/C24H22ClN3O5/c1-15-2-11-20(25)21(12-15)32-13-16-3-5-18(6-4-16)24(30)33-28-23(27)17-7-9-19(10-8-17)31-14-22(26)29/h2-12H,13-14H2,1H3,(H2,26,29)(H2,27,28). The zero-order valence-corrected chi connectivity index (χ0v) is 18.5. The molecule has 0 saturated heterocycles. The molecule has 0 radical (unpaired) electrons. The van der Waals surface area contributed by atoms with Crippen LogP contribution in [0.3, 0.4) is 0 Å². The van der Waals surface area contributed by atoms with Gasteiger partial charge in [-0.05, 0) is 66.6 Å². The van der Waals surface area contributed by atoms with Crippen LogP contribution in [0.4, 0.5) is 0 Å². The third kappa shape index (κ3) is 6.98. The summed E-state index contributed by atoms with van der Waals surface area (Å²) in [6, 6.07) is 18.7. The maximum atomic E-state index is 12.3. The summed E-state index contributed by atoms with van der Waals surface area (Å²) in [5.74, 6) is -0.199. The van der Waals surface area contributed by atoms with Crippen LogP contribution in [0.25, 0.3) is 0 Å². The van der Waals surface area contributed by atoms with Crippen molar-refractivity contribution in [2.24, 2.45) is 16.6 Å². The van der Waals surface area contributed by atoms with Crippen molar-refractivity contribution in [3.63, 3.8) is 0 Å². The van der Waals surface area contributed by atoms with E-state index >= 15 is 0 Å². The van der Waals surface area contributed by atoms with Crippen molar-refractivity contribution in [2.75, 3.05) is 6.61 Å². The van der Waals surface area contributed by atoms with Crippen molar-refractivity contribution in [1.29, 1.82) is 0 Å². The molecule has 0 unspecified atom stereocenters. The van der Waals surface area contributed by atoms with Gasteiger partial charge >= 0.3 is 5.97 Å². The van der Waals surface area contributed by atoms with E-state index in [-0.39, 0.29) is 12.4 Å². The molecular weight excluding hydrogens is 446 g/mol. The molecule has 0 heterocycles. The smallest absolute Gasteiger partial charge is 0.365 e. The van der Waals surface area contributed by atoms with Gasteiger partial charge in [0.15, 0.2) is 12.4 Å². The van der Waals surface area contributed by atoms with Crippen LogP contribution in [0.5, 0.6) is 11.5 Å².